The zero-order chi connectivity index (χ0) is 9.92. The molecule has 1 fully saturated rings. The second-order valence-corrected chi connectivity index (χ2v) is 5.20. The summed E-state index contributed by atoms with van der Waals surface area (Å²) in [5, 5.41) is 0. The van der Waals surface area contributed by atoms with Crippen molar-refractivity contribution < 1.29 is 0 Å². The maximum absolute atomic E-state index is 2.47. The van der Waals surface area contributed by atoms with Gasteiger partial charge >= 0.3 is 0 Å². The lowest BCUT2D eigenvalue weighted by Gasteiger charge is -2.20. The van der Waals surface area contributed by atoms with Crippen LogP contribution in [0.25, 0.3) is 0 Å². The van der Waals surface area contributed by atoms with Crippen LogP contribution in [0.3, 0.4) is 0 Å². The molecule has 2 atom stereocenters. The molecule has 0 aliphatic heterocycles. The van der Waals surface area contributed by atoms with Crippen molar-refractivity contribution in [3.8, 4) is 0 Å². The van der Waals surface area contributed by atoms with E-state index in [-0.39, 0.29) is 0 Å². The molecule has 3 aliphatic rings. The Morgan fingerprint density at radius 3 is 2.79 bits per heavy atom. The minimum atomic E-state index is 0.431. The third-order valence-corrected chi connectivity index (χ3v) is 3.96. The maximum atomic E-state index is 2.47. The molecule has 3 aliphatic carbocycles. The van der Waals surface area contributed by atoms with Gasteiger partial charge in [0.2, 0.25) is 0 Å². The third-order valence-electron chi connectivity index (χ3n) is 3.96. The van der Waals surface area contributed by atoms with Crippen molar-refractivity contribution in [1.29, 1.82) is 0 Å². The Kier molecular flexibility index (Phi) is 1.36. The van der Waals surface area contributed by atoms with Crippen molar-refractivity contribution in [3.05, 3.63) is 47.1 Å². The van der Waals surface area contributed by atoms with Crippen LogP contribution in [-0.4, -0.2) is 0 Å². The highest BCUT2D eigenvalue weighted by molar-refractivity contribution is 5.57. The summed E-state index contributed by atoms with van der Waals surface area (Å²) in [5.41, 5.74) is 5.21. The molecule has 0 spiro atoms. The number of rotatable bonds is 0. The molecule has 0 aromatic heterocycles. The minimum Gasteiger partial charge on any atom is -0.0766 e. The van der Waals surface area contributed by atoms with Crippen molar-refractivity contribution >= 4 is 0 Å². The van der Waals surface area contributed by atoms with E-state index in [1.54, 1.807) is 11.1 Å². The van der Waals surface area contributed by atoms with Crippen LogP contribution >= 0.6 is 0 Å². The van der Waals surface area contributed by atoms with Gasteiger partial charge in [0.05, 0.1) is 0 Å². The van der Waals surface area contributed by atoms with Crippen LogP contribution in [0.4, 0.5) is 0 Å². The van der Waals surface area contributed by atoms with Gasteiger partial charge < -0.3 is 0 Å². The molecule has 72 valence electrons. The van der Waals surface area contributed by atoms with E-state index in [1.807, 2.05) is 0 Å². The second kappa shape index (κ2) is 2.31. The first-order valence-electron chi connectivity index (χ1n) is 5.40. The van der Waals surface area contributed by atoms with Crippen molar-refractivity contribution in [2.45, 2.75) is 20.8 Å². The van der Waals surface area contributed by atoms with Gasteiger partial charge in [-0.3, -0.25) is 0 Å². The van der Waals surface area contributed by atoms with Crippen LogP contribution in [0.5, 0.6) is 0 Å². The average molecular weight is 184 g/mol. The van der Waals surface area contributed by atoms with Crippen molar-refractivity contribution in [2.75, 3.05) is 0 Å². The zero-order valence-corrected chi connectivity index (χ0v) is 9.04. The molecule has 0 bridgehead atoms. The van der Waals surface area contributed by atoms with Gasteiger partial charge in [0.1, 0.15) is 0 Å². The Morgan fingerprint density at radius 1 is 1.21 bits per heavy atom. The molecule has 0 radical (unpaired) electrons. The van der Waals surface area contributed by atoms with Crippen LogP contribution in [-0.2, 0) is 0 Å². The lowest BCUT2D eigenvalue weighted by molar-refractivity contribution is 0.625. The second-order valence-electron chi connectivity index (χ2n) is 5.20. The first-order chi connectivity index (χ1) is 6.62. The molecular formula is C14H16. The van der Waals surface area contributed by atoms with E-state index in [4.69, 9.17) is 0 Å². The summed E-state index contributed by atoms with van der Waals surface area (Å²) in [5.74, 6) is 1.30. The summed E-state index contributed by atoms with van der Waals surface area (Å²) in [6.45, 7) is 6.98. The van der Waals surface area contributed by atoms with Crippen LogP contribution in [0.15, 0.2) is 47.1 Å². The van der Waals surface area contributed by atoms with Gasteiger partial charge in [-0.2, -0.15) is 0 Å². The molecule has 0 aromatic rings. The fourth-order valence-corrected chi connectivity index (χ4v) is 2.99. The van der Waals surface area contributed by atoms with Crippen LogP contribution < -0.4 is 0 Å². The van der Waals surface area contributed by atoms with Crippen molar-refractivity contribution in [3.63, 3.8) is 0 Å². The molecule has 0 N–H and O–H groups in total. The quantitative estimate of drug-likeness (QED) is 0.504. The highest BCUT2D eigenvalue weighted by atomic mass is 14.6. The summed E-state index contributed by atoms with van der Waals surface area (Å²) < 4.78 is 0. The summed E-state index contributed by atoms with van der Waals surface area (Å²) >= 11 is 0. The van der Waals surface area contributed by atoms with E-state index >= 15 is 0 Å². The highest BCUT2D eigenvalue weighted by Gasteiger charge is 2.54. The summed E-state index contributed by atoms with van der Waals surface area (Å²) in [4.78, 5) is 0. The summed E-state index contributed by atoms with van der Waals surface area (Å²) in [6, 6.07) is 0. The predicted octanol–water partition coefficient (Wildman–Crippen LogP) is 3.64. The maximum Gasteiger partial charge on any atom is 0.0228 e. The Hall–Kier alpha value is -1.04. The van der Waals surface area contributed by atoms with Gasteiger partial charge in [-0.25, -0.2) is 0 Å². The standard InChI is InChI=1S/C14H16/c1-9-8-12-13(14(12,2)3)11-7-5-4-6-10(9)11/h4-8,10,12H,1-3H3/t10-,12+/m0/s1. The highest BCUT2D eigenvalue weighted by Crippen LogP contribution is 2.64. The number of allylic oxidation sites excluding steroid dienone is 8. The van der Waals surface area contributed by atoms with E-state index < -0.39 is 0 Å². The smallest absolute Gasteiger partial charge is 0.0228 e. The van der Waals surface area contributed by atoms with E-state index in [9.17, 15) is 0 Å². The van der Waals surface area contributed by atoms with Crippen LogP contribution in [0.1, 0.15) is 20.8 Å². The lowest BCUT2D eigenvalue weighted by Crippen LogP contribution is -2.07. The largest absolute Gasteiger partial charge is 0.0766 e. The molecule has 0 aromatic carbocycles. The van der Waals surface area contributed by atoms with E-state index in [0.29, 0.717) is 11.3 Å². The molecule has 0 heterocycles. The molecule has 0 unspecified atom stereocenters. The Balaban J connectivity index is 2.16. The molecule has 0 saturated heterocycles. The topological polar surface area (TPSA) is 0 Å². The predicted molar refractivity (Wildman–Crippen MR) is 59.8 cm³/mol. The molecular weight excluding hydrogens is 168 g/mol. The fourth-order valence-electron chi connectivity index (χ4n) is 2.99. The van der Waals surface area contributed by atoms with E-state index in [1.165, 1.54) is 5.57 Å². The molecule has 3 rings (SSSR count). The van der Waals surface area contributed by atoms with Gasteiger partial charge in [0, 0.05) is 11.8 Å². The Bertz CT molecular complexity index is 413. The van der Waals surface area contributed by atoms with Crippen molar-refractivity contribution in [2.24, 2.45) is 17.3 Å². The molecule has 14 heavy (non-hydrogen) atoms. The first kappa shape index (κ1) is 8.28. The zero-order valence-electron chi connectivity index (χ0n) is 9.04. The van der Waals surface area contributed by atoms with E-state index in [2.05, 4.69) is 51.2 Å². The average Bonchev–Trinajstić information content (AvgIpc) is 2.70. The van der Waals surface area contributed by atoms with Crippen LogP contribution in [0.2, 0.25) is 0 Å². The third kappa shape index (κ3) is 0.841. The summed E-state index contributed by atoms with van der Waals surface area (Å²) in [7, 11) is 0. The fraction of sp³-hybridized carbons (Fsp3) is 0.429. The number of hydrogen-bond acceptors (Lipinski definition) is 0. The van der Waals surface area contributed by atoms with Gasteiger partial charge in [-0.15, -0.1) is 0 Å². The van der Waals surface area contributed by atoms with Gasteiger partial charge in [0.25, 0.3) is 0 Å². The van der Waals surface area contributed by atoms with Crippen LogP contribution in [0, 0.1) is 17.3 Å². The van der Waals surface area contributed by atoms with Gasteiger partial charge in [-0.05, 0) is 17.9 Å². The first-order valence-corrected chi connectivity index (χ1v) is 5.40. The SMILES string of the molecule is CC1=C[C@@H]2C(=C3C=CC=C[C@@H]13)C2(C)C. The molecule has 0 nitrogen and oxygen atoms in total. The van der Waals surface area contributed by atoms with Gasteiger partial charge in [0.15, 0.2) is 0 Å². The Labute approximate surface area is 85.7 Å². The lowest BCUT2D eigenvalue weighted by atomic mass is 9.84. The van der Waals surface area contributed by atoms with Crippen molar-refractivity contribution in [1.82, 2.24) is 0 Å². The number of fused-ring (bicyclic) bond motifs is 2. The van der Waals surface area contributed by atoms with Gasteiger partial charge in [-0.1, -0.05) is 55.4 Å². The Morgan fingerprint density at radius 2 is 2.00 bits per heavy atom. The molecule has 0 amide bonds. The monoisotopic (exact) mass is 184 g/mol. The summed E-state index contributed by atoms with van der Waals surface area (Å²) in [6.07, 6.45) is 11.4. The van der Waals surface area contributed by atoms with E-state index in [0.717, 1.165) is 5.92 Å². The molecule has 0 heteroatoms. The normalized spacial score (nSPS) is 36.4. The molecule has 1 saturated carbocycles. The minimum absolute atomic E-state index is 0.431. The number of hydrogen-bond donors (Lipinski definition) is 0.